The third kappa shape index (κ3) is 3.34. The van der Waals surface area contributed by atoms with Gasteiger partial charge in [-0.1, -0.05) is 39.7 Å². The standard InChI is InChI=1S/C16H15BrClNO2/c1-10(13-4-3-12(17)7-14(13)18)19-8-11-2-5-15-16(6-11)21-9-20-15/h2-7,10,19H,8-9H2,1H3. The van der Waals surface area contributed by atoms with Gasteiger partial charge in [-0.15, -0.1) is 0 Å². The van der Waals surface area contributed by atoms with Gasteiger partial charge in [-0.05, 0) is 42.3 Å². The monoisotopic (exact) mass is 367 g/mol. The highest BCUT2D eigenvalue weighted by Crippen LogP contribution is 2.33. The van der Waals surface area contributed by atoms with Crippen LogP contribution in [0.3, 0.4) is 0 Å². The first kappa shape index (κ1) is 14.7. The average molecular weight is 369 g/mol. The summed E-state index contributed by atoms with van der Waals surface area (Å²) in [4.78, 5) is 0. The number of benzene rings is 2. The largest absolute Gasteiger partial charge is 0.454 e. The molecule has 1 N–H and O–H groups in total. The van der Waals surface area contributed by atoms with Crippen molar-refractivity contribution in [2.75, 3.05) is 6.79 Å². The van der Waals surface area contributed by atoms with Crippen molar-refractivity contribution in [3.05, 3.63) is 57.0 Å². The van der Waals surface area contributed by atoms with E-state index in [4.69, 9.17) is 21.1 Å². The smallest absolute Gasteiger partial charge is 0.231 e. The van der Waals surface area contributed by atoms with Crippen molar-refractivity contribution >= 4 is 27.5 Å². The molecule has 1 atom stereocenters. The fourth-order valence-electron chi connectivity index (χ4n) is 2.28. The molecule has 0 aromatic heterocycles. The van der Waals surface area contributed by atoms with Crippen molar-refractivity contribution < 1.29 is 9.47 Å². The third-order valence-electron chi connectivity index (χ3n) is 3.48. The highest BCUT2D eigenvalue weighted by Gasteiger charge is 2.14. The topological polar surface area (TPSA) is 30.5 Å². The van der Waals surface area contributed by atoms with Gasteiger partial charge < -0.3 is 14.8 Å². The van der Waals surface area contributed by atoms with Crippen molar-refractivity contribution in [1.29, 1.82) is 0 Å². The van der Waals surface area contributed by atoms with Crippen LogP contribution in [0.25, 0.3) is 0 Å². The number of fused-ring (bicyclic) bond motifs is 1. The zero-order chi connectivity index (χ0) is 14.8. The Labute approximate surface area is 137 Å². The Hall–Kier alpha value is -1.23. The van der Waals surface area contributed by atoms with Crippen LogP contribution in [0.4, 0.5) is 0 Å². The van der Waals surface area contributed by atoms with E-state index >= 15 is 0 Å². The molecule has 2 aromatic rings. The molecule has 0 aliphatic carbocycles. The van der Waals surface area contributed by atoms with E-state index in [1.807, 2.05) is 36.4 Å². The summed E-state index contributed by atoms with van der Waals surface area (Å²) in [5.41, 5.74) is 2.24. The number of ether oxygens (including phenoxy) is 2. The Morgan fingerprint density at radius 3 is 2.81 bits per heavy atom. The lowest BCUT2D eigenvalue weighted by atomic mass is 10.1. The highest BCUT2D eigenvalue weighted by atomic mass is 79.9. The maximum atomic E-state index is 6.28. The lowest BCUT2D eigenvalue weighted by Crippen LogP contribution is -2.18. The molecule has 1 aliphatic heterocycles. The molecule has 0 bridgehead atoms. The Kier molecular flexibility index (Phi) is 4.38. The molecule has 2 aromatic carbocycles. The van der Waals surface area contributed by atoms with Gasteiger partial charge in [0.15, 0.2) is 11.5 Å². The lowest BCUT2D eigenvalue weighted by Gasteiger charge is -2.16. The van der Waals surface area contributed by atoms with Gasteiger partial charge in [-0.25, -0.2) is 0 Å². The predicted octanol–water partition coefficient (Wildman–Crippen LogP) is 4.68. The van der Waals surface area contributed by atoms with Gasteiger partial charge in [0.1, 0.15) is 0 Å². The molecule has 0 saturated heterocycles. The van der Waals surface area contributed by atoms with Crippen molar-refractivity contribution in [2.45, 2.75) is 19.5 Å². The number of hydrogen-bond donors (Lipinski definition) is 1. The first-order valence-electron chi connectivity index (χ1n) is 6.70. The molecule has 0 saturated carbocycles. The molecule has 21 heavy (non-hydrogen) atoms. The molecule has 5 heteroatoms. The predicted molar refractivity (Wildman–Crippen MR) is 87.0 cm³/mol. The molecule has 0 spiro atoms. The Bertz CT molecular complexity index is 663. The molecular weight excluding hydrogens is 354 g/mol. The Morgan fingerprint density at radius 1 is 1.19 bits per heavy atom. The van der Waals surface area contributed by atoms with Crippen LogP contribution in [0.15, 0.2) is 40.9 Å². The molecule has 3 rings (SSSR count). The van der Waals surface area contributed by atoms with Gasteiger partial charge in [0.05, 0.1) is 0 Å². The molecule has 0 amide bonds. The van der Waals surface area contributed by atoms with Crippen molar-refractivity contribution in [3.63, 3.8) is 0 Å². The average Bonchev–Trinajstić information content (AvgIpc) is 2.92. The van der Waals surface area contributed by atoms with E-state index in [1.54, 1.807) is 0 Å². The Morgan fingerprint density at radius 2 is 2.00 bits per heavy atom. The quantitative estimate of drug-likeness (QED) is 0.850. The molecule has 1 unspecified atom stereocenters. The lowest BCUT2D eigenvalue weighted by molar-refractivity contribution is 0.174. The SMILES string of the molecule is CC(NCc1ccc2c(c1)OCO2)c1ccc(Br)cc1Cl. The van der Waals surface area contributed by atoms with Gasteiger partial charge in [-0.3, -0.25) is 0 Å². The van der Waals surface area contributed by atoms with Gasteiger partial charge in [0, 0.05) is 22.1 Å². The second-order valence-electron chi connectivity index (χ2n) is 4.96. The second-order valence-corrected chi connectivity index (χ2v) is 6.28. The van der Waals surface area contributed by atoms with Gasteiger partial charge in [0.25, 0.3) is 0 Å². The molecule has 1 aliphatic rings. The molecule has 0 radical (unpaired) electrons. The van der Waals surface area contributed by atoms with Crippen LogP contribution in [0, 0.1) is 0 Å². The normalized spacial score (nSPS) is 14.2. The van der Waals surface area contributed by atoms with Crippen LogP contribution in [0.1, 0.15) is 24.1 Å². The Balaban J connectivity index is 1.67. The maximum Gasteiger partial charge on any atom is 0.231 e. The fraction of sp³-hybridized carbons (Fsp3) is 0.250. The van der Waals surface area contributed by atoms with Gasteiger partial charge >= 0.3 is 0 Å². The van der Waals surface area contributed by atoms with Crippen LogP contribution < -0.4 is 14.8 Å². The number of rotatable bonds is 4. The van der Waals surface area contributed by atoms with E-state index in [1.165, 1.54) is 0 Å². The van der Waals surface area contributed by atoms with E-state index in [-0.39, 0.29) is 6.04 Å². The summed E-state index contributed by atoms with van der Waals surface area (Å²) in [6, 6.07) is 12.1. The first-order chi connectivity index (χ1) is 10.1. The van der Waals surface area contributed by atoms with Crippen molar-refractivity contribution in [2.24, 2.45) is 0 Å². The molecule has 0 fully saturated rings. The minimum absolute atomic E-state index is 0.163. The number of hydrogen-bond acceptors (Lipinski definition) is 3. The van der Waals surface area contributed by atoms with Crippen LogP contribution in [-0.2, 0) is 6.54 Å². The summed E-state index contributed by atoms with van der Waals surface area (Å²) >= 11 is 9.70. The zero-order valence-corrected chi connectivity index (χ0v) is 13.9. The molecular formula is C16H15BrClNO2. The number of halogens is 2. The summed E-state index contributed by atoms with van der Waals surface area (Å²) in [6.07, 6.45) is 0. The second kappa shape index (κ2) is 6.26. The molecule has 1 heterocycles. The summed E-state index contributed by atoms with van der Waals surface area (Å²) in [7, 11) is 0. The van der Waals surface area contributed by atoms with E-state index in [0.29, 0.717) is 6.79 Å². The van der Waals surface area contributed by atoms with Gasteiger partial charge in [-0.2, -0.15) is 0 Å². The summed E-state index contributed by atoms with van der Waals surface area (Å²) in [5.74, 6) is 1.62. The summed E-state index contributed by atoms with van der Waals surface area (Å²) in [5, 5.41) is 4.23. The third-order valence-corrected chi connectivity index (χ3v) is 4.30. The summed E-state index contributed by atoms with van der Waals surface area (Å²) in [6.45, 7) is 3.14. The van der Waals surface area contributed by atoms with E-state index in [2.05, 4.69) is 28.2 Å². The van der Waals surface area contributed by atoms with Crippen LogP contribution in [0.2, 0.25) is 5.02 Å². The van der Waals surface area contributed by atoms with E-state index < -0.39 is 0 Å². The zero-order valence-electron chi connectivity index (χ0n) is 11.5. The maximum absolute atomic E-state index is 6.28. The minimum Gasteiger partial charge on any atom is -0.454 e. The summed E-state index contributed by atoms with van der Waals surface area (Å²) < 4.78 is 11.7. The van der Waals surface area contributed by atoms with Gasteiger partial charge in [0.2, 0.25) is 6.79 Å². The fourth-order valence-corrected chi connectivity index (χ4v) is 3.12. The highest BCUT2D eigenvalue weighted by molar-refractivity contribution is 9.10. The van der Waals surface area contributed by atoms with Crippen molar-refractivity contribution in [3.8, 4) is 11.5 Å². The van der Waals surface area contributed by atoms with E-state index in [0.717, 1.165) is 38.7 Å². The van der Waals surface area contributed by atoms with Crippen molar-refractivity contribution in [1.82, 2.24) is 5.32 Å². The van der Waals surface area contributed by atoms with Crippen LogP contribution in [-0.4, -0.2) is 6.79 Å². The number of nitrogens with one attached hydrogen (secondary N) is 1. The van der Waals surface area contributed by atoms with Crippen LogP contribution in [0.5, 0.6) is 11.5 Å². The van der Waals surface area contributed by atoms with E-state index in [9.17, 15) is 0 Å². The first-order valence-corrected chi connectivity index (χ1v) is 7.87. The minimum atomic E-state index is 0.163. The molecule has 3 nitrogen and oxygen atoms in total. The molecule has 110 valence electrons. The van der Waals surface area contributed by atoms with Crippen LogP contribution >= 0.6 is 27.5 Å².